The number of aromatic nitrogens is 3. The number of halogens is 3. The van der Waals surface area contributed by atoms with E-state index in [2.05, 4.69) is 15.6 Å². The van der Waals surface area contributed by atoms with Crippen molar-refractivity contribution in [1.82, 2.24) is 20.3 Å². The predicted molar refractivity (Wildman–Crippen MR) is 58.3 cm³/mol. The highest BCUT2D eigenvalue weighted by Gasteiger charge is 2.41. The fourth-order valence-electron chi connectivity index (χ4n) is 1.19. The van der Waals surface area contributed by atoms with Gasteiger partial charge in [0.05, 0.1) is 6.20 Å². The van der Waals surface area contributed by atoms with Crippen LogP contribution in [0.3, 0.4) is 0 Å². The summed E-state index contributed by atoms with van der Waals surface area (Å²) in [4.78, 5) is 22.3. The van der Waals surface area contributed by atoms with Gasteiger partial charge in [0.1, 0.15) is 6.54 Å². The standard InChI is InChI=1S/C10H13F3N4O2/c1-3-6(2)14-8(18)5-17-4-7(15-16-17)9(19)10(11,12)13/h4,6H,3,5H2,1-2H3,(H,14,18). The Balaban J connectivity index is 2.66. The van der Waals surface area contributed by atoms with E-state index in [9.17, 15) is 22.8 Å². The SMILES string of the molecule is CCC(C)NC(=O)Cn1cc(C(=O)C(F)(F)F)nn1. The minimum atomic E-state index is -5.00. The van der Waals surface area contributed by atoms with Crippen molar-refractivity contribution < 1.29 is 22.8 Å². The highest BCUT2D eigenvalue weighted by atomic mass is 19.4. The molecule has 0 saturated carbocycles. The van der Waals surface area contributed by atoms with E-state index in [0.717, 1.165) is 17.3 Å². The number of hydrogen-bond acceptors (Lipinski definition) is 4. The number of amides is 1. The minimum absolute atomic E-state index is 0.0488. The van der Waals surface area contributed by atoms with E-state index in [-0.39, 0.29) is 12.6 Å². The molecule has 9 heteroatoms. The molecule has 0 aliphatic carbocycles. The molecule has 1 unspecified atom stereocenters. The average molecular weight is 278 g/mol. The summed E-state index contributed by atoms with van der Waals surface area (Å²) < 4.78 is 37.2. The molecule has 6 nitrogen and oxygen atoms in total. The van der Waals surface area contributed by atoms with Gasteiger partial charge in [-0.1, -0.05) is 12.1 Å². The third kappa shape index (κ3) is 4.34. The first-order valence-corrected chi connectivity index (χ1v) is 5.55. The van der Waals surface area contributed by atoms with Crippen LogP contribution in [-0.2, 0) is 11.3 Å². The Kier molecular flexibility index (Phi) is 4.62. The highest BCUT2D eigenvalue weighted by Crippen LogP contribution is 2.19. The van der Waals surface area contributed by atoms with E-state index in [1.54, 1.807) is 6.92 Å². The van der Waals surface area contributed by atoms with Crippen molar-refractivity contribution in [1.29, 1.82) is 0 Å². The summed E-state index contributed by atoms with van der Waals surface area (Å²) in [5.41, 5.74) is -0.830. The Bertz CT molecular complexity index is 470. The monoisotopic (exact) mass is 278 g/mol. The summed E-state index contributed by atoms with van der Waals surface area (Å²) in [7, 11) is 0. The van der Waals surface area contributed by atoms with Crippen LogP contribution in [0.1, 0.15) is 30.8 Å². The molecule has 1 atom stereocenters. The molecule has 0 aliphatic rings. The molecule has 0 spiro atoms. The summed E-state index contributed by atoms with van der Waals surface area (Å²) in [6.45, 7) is 3.38. The Morgan fingerprint density at radius 1 is 1.47 bits per heavy atom. The zero-order chi connectivity index (χ0) is 14.6. The van der Waals surface area contributed by atoms with Gasteiger partial charge in [-0.25, -0.2) is 4.68 Å². The van der Waals surface area contributed by atoms with E-state index in [1.807, 2.05) is 6.92 Å². The van der Waals surface area contributed by atoms with E-state index in [1.165, 1.54) is 0 Å². The van der Waals surface area contributed by atoms with Gasteiger partial charge in [-0.2, -0.15) is 13.2 Å². The number of nitrogens with one attached hydrogen (secondary N) is 1. The molecule has 0 aromatic carbocycles. The number of rotatable bonds is 5. The molecule has 1 rings (SSSR count). The molecule has 0 bridgehead atoms. The van der Waals surface area contributed by atoms with Crippen LogP contribution in [0.5, 0.6) is 0 Å². The zero-order valence-electron chi connectivity index (χ0n) is 10.4. The van der Waals surface area contributed by atoms with Crippen LogP contribution in [-0.4, -0.2) is 38.9 Å². The molecule has 106 valence electrons. The average Bonchev–Trinajstić information content (AvgIpc) is 2.74. The summed E-state index contributed by atoms with van der Waals surface area (Å²) in [6, 6.07) is -0.0488. The van der Waals surface area contributed by atoms with E-state index in [4.69, 9.17) is 0 Å². The van der Waals surface area contributed by atoms with Crippen molar-refractivity contribution in [2.75, 3.05) is 0 Å². The maximum Gasteiger partial charge on any atom is 0.456 e. The van der Waals surface area contributed by atoms with Crippen LogP contribution < -0.4 is 5.32 Å². The van der Waals surface area contributed by atoms with Crippen LogP contribution in [0.2, 0.25) is 0 Å². The van der Waals surface area contributed by atoms with Crippen LogP contribution in [0.4, 0.5) is 13.2 Å². The molecule has 0 aliphatic heterocycles. The van der Waals surface area contributed by atoms with Crippen molar-refractivity contribution in [2.24, 2.45) is 0 Å². The molecule has 0 fully saturated rings. The topological polar surface area (TPSA) is 76.9 Å². The van der Waals surface area contributed by atoms with Gasteiger partial charge in [-0.3, -0.25) is 9.59 Å². The summed E-state index contributed by atoms with van der Waals surface area (Å²) >= 11 is 0. The van der Waals surface area contributed by atoms with Crippen LogP contribution in [0.25, 0.3) is 0 Å². The van der Waals surface area contributed by atoms with Gasteiger partial charge in [-0.05, 0) is 13.3 Å². The van der Waals surface area contributed by atoms with Crippen molar-refractivity contribution in [3.63, 3.8) is 0 Å². The lowest BCUT2D eigenvalue weighted by Gasteiger charge is -2.10. The Morgan fingerprint density at radius 2 is 2.11 bits per heavy atom. The third-order valence-electron chi connectivity index (χ3n) is 2.35. The number of carbonyl (C=O) groups excluding carboxylic acids is 2. The van der Waals surface area contributed by atoms with Crippen LogP contribution in [0.15, 0.2) is 6.20 Å². The van der Waals surface area contributed by atoms with Crippen molar-refractivity contribution >= 4 is 11.7 Å². The Hall–Kier alpha value is -1.93. The molecular formula is C10H13F3N4O2. The molecule has 1 aromatic heterocycles. The fraction of sp³-hybridized carbons (Fsp3) is 0.600. The lowest BCUT2D eigenvalue weighted by Crippen LogP contribution is -2.34. The van der Waals surface area contributed by atoms with Gasteiger partial charge < -0.3 is 5.32 Å². The summed E-state index contributed by atoms with van der Waals surface area (Å²) in [5.74, 6) is -2.49. The second kappa shape index (κ2) is 5.81. The van der Waals surface area contributed by atoms with E-state index < -0.39 is 23.6 Å². The molecule has 1 amide bonds. The van der Waals surface area contributed by atoms with Crippen molar-refractivity contribution in [2.45, 2.75) is 39.0 Å². The zero-order valence-corrected chi connectivity index (χ0v) is 10.4. The second-order valence-electron chi connectivity index (χ2n) is 4.01. The number of hydrogen-bond donors (Lipinski definition) is 1. The maximum atomic E-state index is 12.1. The summed E-state index contributed by atoms with van der Waals surface area (Å²) in [5, 5.41) is 9.02. The first-order chi connectivity index (χ1) is 8.74. The van der Waals surface area contributed by atoms with Gasteiger partial charge in [0.15, 0.2) is 5.69 Å². The third-order valence-corrected chi connectivity index (χ3v) is 2.35. The predicted octanol–water partition coefficient (Wildman–Crippen LogP) is 0.938. The summed E-state index contributed by atoms with van der Waals surface area (Å²) in [6.07, 6.45) is -3.48. The van der Waals surface area contributed by atoms with Crippen LogP contribution >= 0.6 is 0 Å². The van der Waals surface area contributed by atoms with Gasteiger partial charge >= 0.3 is 6.18 Å². The Morgan fingerprint density at radius 3 is 2.63 bits per heavy atom. The molecule has 1 N–H and O–H groups in total. The number of ketones is 1. The van der Waals surface area contributed by atoms with Gasteiger partial charge in [-0.15, -0.1) is 5.10 Å². The first-order valence-electron chi connectivity index (χ1n) is 5.55. The van der Waals surface area contributed by atoms with Gasteiger partial charge in [0.25, 0.3) is 5.78 Å². The lowest BCUT2D eigenvalue weighted by molar-refractivity contribution is -0.122. The van der Waals surface area contributed by atoms with Crippen molar-refractivity contribution in [3.05, 3.63) is 11.9 Å². The normalized spacial score (nSPS) is 13.1. The molecule has 1 heterocycles. The minimum Gasteiger partial charge on any atom is -0.352 e. The highest BCUT2D eigenvalue weighted by molar-refractivity contribution is 5.98. The Labute approximate surface area is 107 Å². The van der Waals surface area contributed by atoms with Crippen LogP contribution in [0, 0.1) is 0 Å². The molecule has 1 aromatic rings. The number of alkyl halides is 3. The quantitative estimate of drug-likeness (QED) is 0.813. The van der Waals surface area contributed by atoms with E-state index in [0.29, 0.717) is 0 Å². The van der Waals surface area contributed by atoms with Gasteiger partial charge in [0.2, 0.25) is 5.91 Å². The maximum absolute atomic E-state index is 12.1. The largest absolute Gasteiger partial charge is 0.456 e. The van der Waals surface area contributed by atoms with Gasteiger partial charge in [0, 0.05) is 6.04 Å². The van der Waals surface area contributed by atoms with Crippen molar-refractivity contribution in [3.8, 4) is 0 Å². The smallest absolute Gasteiger partial charge is 0.352 e. The molecular weight excluding hydrogens is 265 g/mol. The van der Waals surface area contributed by atoms with E-state index >= 15 is 0 Å². The fourth-order valence-corrected chi connectivity index (χ4v) is 1.19. The molecule has 0 radical (unpaired) electrons. The second-order valence-corrected chi connectivity index (χ2v) is 4.01. The number of carbonyl (C=O) groups is 2. The molecule has 19 heavy (non-hydrogen) atoms. The first kappa shape index (κ1) is 15.1. The molecule has 0 saturated heterocycles. The lowest BCUT2D eigenvalue weighted by atomic mass is 10.2. The number of Topliss-reactive ketones (excluding diaryl/α,β-unsaturated/α-hetero) is 1. The number of nitrogens with zero attached hydrogens (tertiary/aromatic N) is 3.